The zero-order chi connectivity index (χ0) is 8.97. The third-order valence-corrected chi connectivity index (χ3v) is 1.59. The van der Waals surface area contributed by atoms with E-state index in [1.807, 2.05) is 0 Å². The van der Waals surface area contributed by atoms with E-state index in [1.165, 1.54) is 0 Å². The van der Waals surface area contributed by atoms with Crippen molar-refractivity contribution in [3.8, 4) is 5.88 Å². The predicted octanol–water partition coefficient (Wildman–Crippen LogP) is 0.504. The molecule has 13 heavy (non-hydrogen) atoms. The molecule has 0 radical (unpaired) electrons. The maximum atomic E-state index is 8.73. The topological polar surface area (TPSA) is 68.4 Å². The second kappa shape index (κ2) is 5.75. The summed E-state index contributed by atoms with van der Waals surface area (Å²) < 4.78 is 4.87. The molecule has 5 heteroatoms. The van der Waals surface area contributed by atoms with Gasteiger partial charge in [0.05, 0.1) is 19.8 Å². The number of halogens is 1. The van der Waals surface area contributed by atoms with Gasteiger partial charge in [-0.15, -0.1) is 12.4 Å². The van der Waals surface area contributed by atoms with E-state index in [1.54, 1.807) is 25.4 Å². The lowest BCUT2D eigenvalue weighted by atomic mass is 10.1. The number of aromatic nitrogens is 1. The van der Waals surface area contributed by atoms with Gasteiger partial charge >= 0.3 is 0 Å². The SMILES string of the molecule is COc1ccc([C@@H](N)CO)cn1.Cl. The van der Waals surface area contributed by atoms with Crippen molar-refractivity contribution in [3.05, 3.63) is 23.9 Å². The lowest BCUT2D eigenvalue weighted by Gasteiger charge is -2.07. The highest BCUT2D eigenvalue weighted by molar-refractivity contribution is 5.85. The van der Waals surface area contributed by atoms with E-state index < -0.39 is 0 Å². The zero-order valence-electron chi connectivity index (χ0n) is 7.30. The Morgan fingerprint density at radius 3 is 2.69 bits per heavy atom. The first-order chi connectivity index (χ1) is 5.77. The van der Waals surface area contributed by atoms with Crippen molar-refractivity contribution >= 4 is 12.4 Å². The molecule has 0 spiro atoms. The number of pyridine rings is 1. The zero-order valence-corrected chi connectivity index (χ0v) is 8.12. The fourth-order valence-electron chi connectivity index (χ4n) is 0.837. The number of ether oxygens (including phenoxy) is 1. The molecule has 1 atom stereocenters. The summed E-state index contributed by atoms with van der Waals surface area (Å²) >= 11 is 0. The Balaban J connectivity index is 0.00000144. The normalized spacial score (nSPS) is 11.6. The van der Waals surface area contributed by atoms with Gasteiger partial charge in [-0.2, -0.15) is 0 Å². The summed E-state index contributed by atoms with van der Waals surface area (Å²) in [6.07, 6.45) is 1.60. The van der Waals surface area contributed by atoms with Gasteiger partial charge < -0.3 is 15.6 Å². The van der Waals surface area contributed by atoms with E-state index in [-0.39, 0.29) is 25.1 Å². The van der Waals surface area contributed by atoms with Crippen LogP contribution >= 0.6 is 12.4 Å². The van der Waals surface area contributed by atoms with Crippen LogP contribution in [0.5, 0.6) is 5.88 Å². The molecule has 0 aliphatic carbocycles. The van der Waals surface area contributed by atoms with Crippen LogP contribution < -0.4 is 10.5 Å². The lowest BCUT2D eigenvalue weighted by molar-refractivity contribution is 0.267. The quantitative estimate of drug-likeness (QED) is 0.753. The number of hydrogen-bond donors (Lipinski definition) is 2. The van der Waals surface area contributed by atoms with Crippen molar-refractivity contribution in [2.75, 3.05) is 13.7 Å². The summed E-state index contributed by atoms with van der Waals surface area (Å²) in [5.41, 5.74) is 6.36. The van der Waals surface area contributed by atoms with E-state index in [9.17, 15) is 0 Å². The molecule has 0 amide bonds. The van der Waals surface area contributed by atoms with E-state index in [0.29, 0.717) is 5.88 Å². The van der Waals surface area contributed by atoms with E-state index in [4.69, 9.17) is 15.6 Å². The molecule has 0 aliphatic heterocycles. The van der Waals surface area contributed by atoms with Gasteiger partial charge in [-0.1, -0.05) is 6.07 Å². The van der Waals surface area contributed by atoms with Crippen molar-refractivity contribution in [2.45, 2.75) is 6.04 Å². The maximum Gasteiger partial charge on any atom is 0.212 e. The molecule has 1 aromatic heterocycles. The van der Waals surface area contributed by atoms with Crippen LogP contribution in [0, 0.1) is 0 Å². The molecule has 0 unspecified atom stereocenters. The summed E-state index contributed by atoms with van der Waals surface area (Å²) in [7, 11) is 1.55. The highest BCUT2D eigenvalue weighted by Gasteiger charge is 2.03. The number of aliphatic hydroxyl groups is 1. The third-order valence-electron chi connectivity index (χ3n) is 1.59. The van der Waals surface area contributed by atoms with Gasteiger partial charge in [0, 0.05) is 12.3 Å². The molecule has 4 nitrogen and oxygen atoms in total. The second-order valence-electron chi connectivity index (χ2n) is 2.42. The molecule has 3 N–H and O–H groups in total. The maximum absolute atomic E-state index is 8.73. The van der Waals surface area contributed by atoms with Crippen molar-refractivity contribution in [3.63, 3.8) is 0 Å². The lowest BCUT2D eigenvalue weighted by Crippen LogP contribution is -2.14. The Kier molecular flexibility index (Phi) is 5.37. The molecular weight excluding hydrogens is 192 g/mol. The largest absolute Gasteiger partial charge is 0.481 e. The Labute approximate surface area is 83.1 Å². The Hall–Kier alpha value is -0.840. The first kappa shape index (κ1) is 12.2. The van der Waals surface area contributed by atoms with Crippen LogP contribution in [0.4, 0.5) is 0 Å². The first-order valence-electron chi connectivity index (χ1n) is 3.64. The number of methoxy groups -OCH3 is 1. The van der Waals surface area contributed by atoms with Crippen LogP contribution in [-0.4, -0.2) is 23.8 Å². The van der Waals surface area contributed by atoms with Crippen LogP contribution in [0.25, 0.3) is 0 Å². The van der Waals surface area contributed by atoms with Gasteiger partial charge in [-0.25, -0.2) is 4.98 Å². The average Bonchev–Trinajstić information content (AvgIpc) is 2.17. The molecular formula is C8H13ClN2O2. The monoisotopic (exact) mass is 204 g/mol. The fourth-order valence-corrected chi connectivity index (χ4v) is 0.837. The molecule has 0 saturated heterocycles. The molecule has 0 saturated carbocycles. The van der Waals surface area contributed by atoms with Gasteiger partial charge in [-0.05, 0) is 5.56 Å². The van der Waals surface area contributed by atoms with Crippen molar-refractivity contribution in [2.24, 2.45) is 5.73 Å². The van der Waals surface area contributed by atoms with E-state index in [2.05, 4.69) is 4.98 Å². The first-order valence-corrected chi connectivity index (χ1v) is 3.64. The highest BCUT2D eigenvalue weighted by Crippen LogP contribution is 2.11. The van der Waals surface area contributed by atoms with Crippen LogP contribution in [0.15, 0.2) is 18.3 Å². The Morgan fingerprint density at radius 1 is 1.62 bits per heavy atom. The Morgan fingerprint density at radius 2 is 2.31 bits per heavy atom. The molecule has 74 valence electrons. The number of nitrogens with two attached hydrogens (primary N) is 1. The average molecular weight is 205 g/mol. The van der Waals surface area contributed by atoms with Gasteiger partial charge in [0.1, 0.15) is 0 Å². The van der Waals surface area contributed by atoms with E-state index in [0.717, 1.165) is 5.56 Å². The van der Waals surface area contributed by atoms with E-state index >= 15 is 0 Å². The molecule has 1 rings (SSSR count). The van der Waals surface area contributed by atoms with Crippen LogP contribution in [-0.2, 0) is 0 Å². The molecule has 0 bridgehead atoms. The number of hydrogen-bond acceptors (Lipinski definition) is 4. The van der Waals surface area contributed by atoms with Crippen molar-refractivity contribution in [1.29, 1.82) is 0 Å². The van der Waals surface area contributed by atoms with Crippen molar-refractivity contribution in [1.82, 2.24) is 4.98 Å². The number of aliphatic hydroxyl groups excluding tert-OH is 1. The summed E-state index contributed by atoms with van der Waals surface area (Å²) in [6.45, 7) is -0.0754. The highest BCUT2D eigenvalue weighted by atomic mass is 35.5. The molecule has 0 fully saturated rings. The fraction of sp³-hybridized carbons (Fsp3) is 0.375. The standard InChI is InChI=1S/C8H12N2O2.ClH/c1-12-8-3-2-6(4-10-8)7(9)5-11;/h2-4,7,11H,5,9H2,1H3;1H/t7-;/m0./s1. The second-order valence-corrected chi connectivity index (χ2v) is 2.42. The van der Waals surface area contributed by atoms with Crippen LogP contribution in [0.1, 0.15) is 11.6 Å². The summed E-state index contributed by atoms with van der Waals surface area (Å²) in [5, 5.41) is 8.73. The smallest absolute Gasteiger partial charge is 0.212 e. The number of rotatable bonds is 3. The minimum atomic E-state index is -0.358. The molecule has 1 aromatic rings. The Bertz CT molecular complexity index is 240. The minimum absolute atomic E-state index is 0. The molecule has 0 aliphatic rings. The minimum Gasteiger partial charge on any atom is -0.481 e. The van der Waals surface area contributed by atoms with Gasteiger partial charge in [0.2, 0.25) is 5.88 Å². The van der Waals surface area contributed by atoms with Crippen molar-refractivity contribution < 1.29 is 9.84 Å². The summed E-state index contributed by atoms with van der Waals surface area (Å²) in [4.78, 5) is 3.95. The van der Waals surface area contributed by atoms with Crippen LogP contribution in [0.3, 0.4) is 0 Å². The summed E-state index contributed by atoms with van der Waals surface area (Å²) in [6, 6.07) is 3.14. The molecule has 1 heterocycles. The number of nitrogens with zero attached hydrogens (tertiary/aromatic N) is 1. The van der Waals surface area contributed by atoms with Gasteiger partial charge in [0.25, 0.3) is 0 Å². The van der Waals surface area contributed by atoms with Gasteiger partial charge in [-0.3, -0.25) is 0 Å². The predicted molar refractivity (Wildman–Crippen MR) is 52.1 cm³/mol. The molecule has 0 aromatic carbocycles. The van der Waals surface area contributed by atoms with Crippen LogP contribution in [0.2, 0.25) is 0 Å². The van der Waals surface area contributed by atoms with Gasteiger partial charge in [0.15, 0.2) is 0 Å². The third kappa shape index (κ3) is 3.18. The summed E-state index contributed by atoms with van der Waals surface area (Å²) in [5.74, 6) is 0.545.